The molecule has 1 unspecified atom stereocenters. The van der Waals surface area contributed by atoms with Gasteiger partial charge in [0.25, 0.3) is 5.91 Å². The number of aromatic nitrogens is 1. The summed E-state index contributed by atoms with van der Waals surface area (Å²) in [7, 11) is 0. The van der Waals surface area contributed by atoms with Gasteiger partial charge < -0.3 is 19.9 Å². The number of carbonyl (C=O) groups is 2. The van der Waals surface area contributed by atoms with Crippen molar-refractivity contribution in [3.63, 3.8) is 0 Å². The standard InChI is InChI=1S/C26H26ClN3O3S/c1-5-33-25(32)18-6-9-21(10-7-18)30-16(3)13-19(17(30)4)14-23-24(31)29-26(34-23)28-22-11-8-20(27)12-15(22)2/h6-14,26,28H,5H2,1-4H3,(H,29,31)/b23-14-. The van der Waals surface area contributed by atoms with E-state index >= 15 is 0 Å². The summed E-state index contributed by atoms with van der Waals surface area (Å²) in [5.74, 6) is -0.445. The quantitative estimate of drug-likeness (QED) is 0.332. The number of carbonyl (C=O) groups excluding carboxylic acids is 2. The van der Waals surface area contributed by atoms with Crippen LogP contribution in [0.4, 0.5) is 5.69 Å². The largest absolute Gasteiger partial charge is 0.462 e. The molecule has 1 amide bonds. The Balaban J connectivity index is 1.54. The van der Waals surface area contributed by atoms with Gasteiger partial charge in [-0.15, -0.1) is 0 Å². The smallest absolute Gasteiger partial charge is 0.338 e. The summed E-state index contributed by atoms with van der Waals surface area (Å²) >= 11 is 7.49. The molecular weight excluding hydrogens is 470 g/mol. The maximum atomic E-state index is 12.6. The molecule has 0 saturated carbocycles. The first-order valence-corrected chi connectivity index (χ1v) is 12.2. The zero-order valence-corrected chi connectivity index (χ0v) is 21.0. The summed E-state index contributed by atoms with van der Waals surface area (Å²) in [6.07, 6.45) is 1.92. The van der Waals surface area contributed by atoms with Crippen molar-refractivity contribution >= 4 is 47.0 Å². The van der Waals surface area contributed by atoms with Crippen molar-refractivity contribution in [2.75, 3.05) is 11.9 Å². The summed E-state index contributed by atoms with van der Waals surface area (Å²) < 4.78 is 7.17. The number of anilines is 1. The molecule has 1 fully saturated rings. The van der Waals surface area contributed by atoms with Crippen molar-refractivity contribution in [3.8, 4) is 5.69 Å². The summed E-state index contributed by atoms with van der Waals surface area (Å²) in [4.78, 5) is 25.2. The van der Waals surface area contributed by atoms with Crippen molar-refractivity contribution in [1.29, 1.82) is 0 Å². The minimum Gasteiger partial charge on any atom is -0.462 e. The van der Waals surface area contributed by atoms with E-state index in [1.165, 1.54) is 11.8 Å². The number of rotatable bonds is 6. The van der Waals surface area contributed by atoms with E-state index < -0.39 is 0 Å². The van der Waals surface area contributed by atoms with Gasteiger partial charge in [0.15, 0.2) is 5.50 Å². The minimum absolute atomic E-state index is 0.113. The molecule has 2 heterocycles. The van der Waals surface area contributed by atoms with Crippen molar-refractivity contribution in [1.82, 2.24) is 9.88 Å². The predicted molar refractivity (Wildman–Crippen MR) is 139 cm³/mol. The number of ether oxygens (including phenoxy) is 1. The first-order chi connectivity index (χ1) is 16.3. The lowest BCUT2D eigenvalue weighted by atomic mass is 10.2. The number of benzene rings is 2. The molecule has 8 heteroatoms. The van der Waals surface area contributed by atoms with E-state index in [1.807, 2.05) is 57.2 Å². The molecule has 0 aliphatic carbocycles. The molecule has 4 rings (SSSR count). The highest BCUT2D eigenvalue weighted by Crippen LogP contribution is 2.33. The van der Waals surface area contributed by atoms with Gasteiger partial charge >= 0.3 is 5.97 Å². The van der Waals surface area contributed by atoms with Gasteiger partial charge in [0.1, 0.15) is 0 Å². The van der Waals surface area contributed by atoms with E-state index in [4.69, 9.17) is 16.3 Å². The molecule has 34 heavy (non-hydrogen) atoms. The average molecular weight is 496 g/mol. The van der Waals surface area contributed by atoms with E-state index in [0.717, 1.165) is 33.9 Å². The average Bonchev–Trinajstić information content (AvgIpc) is 3.28. The second-order valence-electron chi connectivity index (χ2n) is 8.01. The number of hydrogen-bond acceptors (Lipinski definition) is 5. The fraction of sp³-hybridized carbons (Fsp3) is 0.231. The first kappa shape index (κ1) is 24.0. The van der Waals surface area contributed by atoms with Crippen LogP contribution in [0.25, 0.3) is 11.8 Å². The highest BCUT2D eigenvalue weighted by molar-refractivity contribution is 8.05. The lowest BCUT2D eigenvalue weighted by Crippen LogP contribution is -2.31. The highest BCUT2D eigenvalue weighted by atomic mass is 35.5. The van der Waals surface area contributed by atoms with Gasteiger partial charge in [-0.1, -0.05) is 23.4 Å². The predicted octanol–water partition coefficient (Wildman–Crippen LogP) is 5.83. The number of esters is 1. The number of halogens is 1. The Labute approximate surface area is 208 Å². The van der Waals surface area contributed by atoms with Crippen molar-refractivity contribution in [3.05, 3.63) is 86.5 Å². The molecule has 1 atom stereocenters. The van der Waals surface area contributed by atoms with Crippen molar-refractivity contribution < 1.29 is 14.3 Å². The van der Waals surface area contributed by atoms with Crippen LogP contribution in [0, 0.1) is 20.8 Å². The Kier molecular flexibility index (Phi) is 7.05. The van der Waals surface area contributed by atoms with Crippen LogP contribution in [0.1, 0.15) is 39.8 Å². The van der Waals surface area contributed by atoms with E-state index in [2.05, 4.69) is 21.3 Å². The summed E-state index contributed by atoms with van der Waals surface area (Å²) in [5.41, 5.74) is 6.13. The van der Waals surface area contributed by atoms with Gasteiger partial charge in [-0.2, -0.15) is 0 Å². The van der Waals surface area contributed by atoms with E-state index in [0.29, 0.717) is 22.1 Å². The third kappa shape index (κ3) is 5.00. The van der Waals surface area contributed by atoms with Gasteiger partial charge in [-0.25, -0.2) is 4.79 Å². The maximum Gasteiger partial charge on any atom is 0.338 e. The Hall–Kier alpha value is -3.16. The van der Waals surface area contributed by atoms with Crippen LogP contribution in [-0.4, -0.2) is 28.5 Å². The number of nitrogens with zero attached hydrogens (tertiary/aromatic N) is 1. The van der Waals surface area contributed by atoms with Gasteiger partial charge in [-0.3, -0.25) is 4.79 Å². The number of amides is 1. The van der Waals surface area contributed by atoms with Crippen LogP contribution >= 0.6 is 23.4 Å². The Morgan fingerprint density at radius 3 is 2.59 bits per heavy atom. The van der Waals surface area contributed by atoms with Gasteiger partial charge in [0.2, 0.25) is 0 Å². The molecular formula is C26H26ClN3O3S. The minimum atomic E-state index is -0.332. The molecule has 6 nitrogen and oxygen atoms in total. The topological polar surface area (TPSA) is 72.4 Å². The molecule has 1 saturated heterocycles. The molecule has 1 aliphatic rings. The zero-order chi connectivity index (χ0) is 24.4. The van der Waals surface area contributed by atoms with Gasteiger partial charge in [0.05, 0.1) is 17.1 Å². The van der Waals surface area contributed by atoms with Crippen LogP contribution in [0.2, 0.25) is 5.02 Å². The number of aryl methyl sites for hydroxylation is 2. The molecule has 0 bridgehead atoms. The fourth-order valence-electron chi connectivity index (χ4n) is 3.93. The summed E-state index contributed by atoms with van der Waals surface area (Å²) in [6.45, 7) is 8.14. The number of nitrogens with one attached hydrogen (secondary N) is 2. The number of hydrogen-bond donors (Lipinski definition) is 2. The molecule has 0 radical (unpaired) electrons. The Morgan fingerprint density at radius 2 is 1.91 bits per heavy atom. The van der Waals surface area contributed by atoms with Crippen LogP contribution < -0.4 is 10.6 Å². The number of thioether (sulfide) groups is 1. The Morgan fingerprint density at radius 1 is 1.18 bits per heavy atom. The second kappa shape index (κ2) is 9.99. The van der Waals surface area contributed by atoms with Crippen LogP contribution in [0.15, 0.2) is 53.4 Å². The van der Waals surface area contributed by atoms with E-state index in [9.17, 15) is 9.59 Å². The molecule has 2 N–H and O–H groups in total. The third-order valence-corrected chi connectivity index (χ3v) is 6.86. The SMILES string of the molecule is CCOC(=O)c1ccc(-n2c(C)cc(/C=C3\SC(Nc4ccc(Cl)cc4C)NC3=O)c2C)cc1. The van der Waals surface area contributed by atoms with E-state index in [-0.39, 0.29) is 17.4 Å². The van der Waals surface area contributed by atoms with E-state index in [1.54, 1.807) is 19.1 Å². The summed E-state index contributed by atoms with van der Waals surface area (Å²) in [5, 5.41) is 7.01. The van der Waals surface area contributed by atoms with Crippen LogP contribution in [0.3, 0.4) is 0 Å². The summed E-state index contributed by atoms with van der Waals surface area (Å²) in [6, 6.07) is 15.0. The highest BCUT2D eigenvalue weighted by Gasteiger charge is 2.28. The lowest BCUT2D eigenvalue weighted by Gasteiger charge is -2.15. The zero-order valence-electron chi connectivity index (χ0n) is 19.4. The van der Waals surface area contributed by atoms with Gasteiger partial charge in [-0.05, 0) is 93.4 Å². The molecule has 3 aromatic rings. The second-order valence-corrected chi connectivity index (χ2v) is 9.60. The molecule has 1 aromatic heterocycles. The van der Waals surface area contributed by atoms with Crippen LogP contribution in [0.5, 0.6) is 0 Å². The van der Waals surface area contributed by atoms with Crippen LogP contribution in [-0.2, 0) is 9.53 Å². The third-order valence-electron chi connectivity index (χ3n) is 5.60. The molecule has 2 aromatic carbocycles. The fourth-order valence-corrected chi connectivity index (χ4v) is 5.12. The molecule has 0 spiro atoms. The Bertz CT molecular complexity index is 1280. The molecule has 176 valence electrons. The monoisotopic (exact) mass is 495 g/mol. The van der Waals surface area contributed by atoms with Gasteiger partial charge in [0, 0.05) is 27.8 Å². The maximum absolute atomic E-state index is 12.6. The van der Waals surface area contributed by atoms with Crippen molar-refractivity contribution in [2.45, 2.75) is 33.2 Å². The lowest BCUT2D eigenvalue weighted by molar-refractivity contribution is -0.116. The molecule has 1 aliphatic heterocycles. The van der Waals surface area contributed by atoms with Crippen molar-refractivity contribution in [2.24, 2.45) is 0 Å². The normalized spacial score (nSPS) is 16.6. The first-order valence-electron chi connectivity index (χ1n) is 10.9.